The zero-order chi connectivity index (χ0) is 41.9. The highest BCUT2D eigenvalue weighted by atomic mass is 16.5. The van der Waals surface area contributed by atoms with Crippen molar-refractivity contribution in [2.45, 2.75) is 270 Å². The molecule has 0 bridgehead atoms. The van der Waals surface area contributed by atoms with Crippen LogP contribution in [0.1, 0.15) is 258 Å². The van der Waals surface area contributed by atoms with Gasteiger partial charge in [-0.3, -0.25) is 14.4 Å². The molecule has 0 heterocycles. The van der Waals surface area contributed by atoms with Crippen molar-refractivity contribution < 1.29 is 34.1 Å². The zero-order valence-corrected chi connectivity index (χ0v) is 37.4. The largest absolute Gasteiger partial charge is 0.480 e. The molecule has 57 heavy (non-hydrogen) atoms. The minimum atomic E-state index is -1.38. The van der Waals surface area contributed by atoms with Gasteiger partial charge in [-0.25, -0.2) is 4.79 Å². The fraction of sp³-hybridized carbons (Fsp3) is 0.917. The summed E-state index contributed by atoms with van der Waals surface area (Å²) >= 11 is 0. The Kier molecular flexibility index (Phi) is 41.8. The van der Waals surface area contributed by atoms with Gasteiger partial charge in [0.15, 0.2) is 0 Å². The van der Waals surface area contributed by atoms with E-state index in [9.17, 15) is 19.2 Å². The fourth-order valence-electron chi connectivity index (χ4n) is 7.60. The molecule has 0 aliphatic carbocycles. The average molecular weight is 809 g/mol. The molecule has 0 aromatic rings. The summed E-state index contributed by atoms with van der Waals surface area (Å²) < 4.78 is 6.04. The molecule has 0 rings (SSSR count). The van der Waals surface area contributed by atoms with Crippen LogP contribution in [0.15, 0.2) is 0 Å². The van der Waals surface area contributed by atoms with Gasteiger partial charge < -0.3 is 25.6 Å². The van der Waals surface area contributed by atoms with E-state index in [-0.39, 0.29) is 24.5 Å². The van der Waals surface area contributed by atoms with E-state index in [1.54, 1.807) is 0 Å². The van der Waals surface area contributed by atoms with Gasteiger partial charge in [0.25, 0.3) is 0 Å². The Morgan fingerprint density at radius 3 is 1.14 bits per heavy atom. The molecular weight excluding hydrogens is 717 g/mol. The number of aliphatic hydroxyl groups is 1. The number of esters is 1. The van der Waals surface area contributed by atoms with Crippen LogP contribution in [0.3, 0.4) is 0 Å². The highest BCUT2D eigenvalue weighted by molar-refractivity contribution is 5.87. The Labute approximate surface area is 350 Å². The van der Waals surface area contributed by atoms with Crippen molar-refractivity contribution in [1.82, 2.24) is 10.6 Å². The molecule has 0 radical (unpaired) electrons. The predicted molar refractivity (Wildman–Crippen MR) is 236 cm³/mol. The van der Waals surface area contributed by atoms with Gasteiger partial charge in [-0.15, -0.1) is 0 Å². The average Bonchev–Trinajstić information content (AvgIpc) is 3.19. The van der Waals surface area contributed by atoms with Crippen LogP contribution in [0.4, 0.5) is 0 Å². The van der Waals surface area contributed by atoms with Crippen molar-refractivity contribution in [2.24, 2.45) is 0 Å². The lowest BCUT2D eigenvalue weighted by Gasteiger charge is -2.18. The number of amides is 2. The lowest BCUT2D eigenvalue weighted by atomic mass is 10.0. The molecule has 0 fully saturated rings. The van der Waals surface area contributed by atoms with Crippen molar-refractivity contribution in [1.29, 1.82) is 0 Å². The SMILES string of the molecule is CCCCCCCCCCCCCCCCCCCCCCC(=O)OC(CCCCCCCCCCC)CCCCCCCC(=O)NCC(=O)NC(CO)C(=O)O. The number of carbonyl (C=O) groups is 4. The molecule has 0 aliphatic heterocycles. The maximum atomic E-state index is 12.8. The number of ether oxygens (including phenoxy) is 1. The first-order valence-corrected chi connectivity index (χ1v) is 24.4. The van der Waals surface area contributed by atoms with E-state index in [1.165, 1.54) is 167 Å². The van der Waals surface area contributed by atoms with Crippen molar-refractivity contribution >= 4 is 23.8 Å². The van der Waals surface area contributed by atoms with Crippen molar-refractivity contribution in [3.8, 4) is 0 Å². The summed E-state index contributed by atoms with van der Waals surface area (Å²) in [6.07, 6.45) is 45.7. The summed E-state index contributed by atoms with van der Waals surface area (Å²) in [5, 5.41) is 22.6. The summed E-state index contributed by atoms with van der Waals surface area (Å²) in [4.78, 5) is 47.6. The smallest absolute Gasteiger partial charge is 0.328 e. The van der Waals surface area contributed by atoms with Gasteiger partial charge in [0, 0.05) is 12.8 Å². The number of carbonyl (C=O) groups excluding carboxylic acids is 3. The van der Waals surface area contributed by atoms with Crippen LogP contribution in [0.5, 0.6) is 0 Å². The number of carboxylic acid groups (broad SMARTS) is 1. The zero-order valence-electron chi connectivity index (χ0n) is 37.4. The molecule has 0 saturated heterocycles. The van der Waals surface area contributed by atoms with Gasteiger partial charge in [0.1, 0.15) is 12.1 Å². The van der Waals surface area contributed by atoms with Crippen LogP contribution in [-0.2, 0) is 23.9 Å². The molecule has 9 heteroatoms. The first-order valence-electron chi connectivity index (χ1n) is 24.4. The van der Waals surface area contributed by atoms with Crippen LogP contribution >= 0.6 is 0 Å². The maximum Gasteiger partial charge on any atom is 0.328 e. The molecule has 0 saturated carbocycles. The molecule has 2 amide bonds. The number of nitrogens with one attached hydrogen (secondary N) is 2. The Morgan fingerprint density at radius 1 is 0.456 bits per heavy atom. The van der Waals surface area contributed by atoms with E-state index in [4.69, 9.17) is 14.9 Å². The van der Waals surface area contributed by atoms with E-state index in [2.05, 4.69) is 24.5 Å². The molecule has 0 spiro atoms. The Bertz CT molecular complexity index is 930. The third-order valence-electron chi connectivity index (χ3n) is 11.4. The molecule has 4 N–H and O–H groups in total. The molecule has 0 aromatic heterocycles. The van der Waals surface area contributed by atoms with Crippen LogP contribution in [0, 0.1) is 0 Å². The Hall–Kier alpha value is -2.16. The van der Waals surface area contributed by atoms with Crippen LogP contribution < -0.4 is 10.6 Å². The van der Waals surface area contributed by atoms with E-state index >= 15 is 0 Å². The minimum Gasteiger partial charge on any atom is -0.480 e. The van der Waals surface area contributed by atoms with Gasteiger partial charge in [-0.2, -0.15) is 0 Å². The molecule has 0 aromatic carbocycles. The number of aliphatic hydroxyl groups excluding tert-OH is 1. The number of aliphatic carboxylic acids is 1. The van der Waals surface area contributed by atoms with E-state index in [1.807, 2.05) is 0 Å². The molecule has 9 nitrogen and oxygen atoms in total. The summed E-state index contributed by atoms with van der Waals surface area (Å²) in [6.45, 7) is 3.51. The fourth-order valence-corrected chi connectivity index (χ4v) is 7.60. The maximum absolute atomic E-state index is 12.8. The van der Waals surface area contributed by atoms with Gasteiger partial charge in [-0.05, 0) is 38.5 Å². The normalized spacial score (nSPS) is 12.3. The van der Waals surface area contributed by atoms with Gasteiger partial charge in [0.2, 0.25) is 11.8 Å². The minimum absolute atomic E-state index is 0.00404. The lowest BCUT2D eigenvalue weighted by molar-refractivity contribution is -0.150. The monoisotopic (exact) mass is 809 g/mol. The van der Waals surface area contributed by atoms with E-state index in [0.29, 0.717) is 19.3 Å². The van der Waals surface area contributed by atoms with E-state index in [0.717, 1.165) is 57.8 Å². The number of hydrogen-bond donors (Lipinski definition) is 4. The number of rotatable bonds is 45. The third kappa shape index (κ3) is 40.4. The lowest BCUT2D eigenvalue weighted by Crippen LogP contribution is -2.47. The third-order valence-corrected chi connectivity index (χ3v) is 11.4. The summed E-state index contributed by atoms with van der Waals surface area (Å²) in [6, 6.07) is -1.38. The standard InChI is InChI=1S/C48H92N2O7/c1-3-5-7-9-11-13-14-15-16-17-18-19-20-21-22-23-25-27-32-36-40-47(54)57-43(37-33-29-26-24-12-10-8-6-4-2)38-34-30-28-31-35-39-45(52)49-41-46(53)50-44(42-51)48(55)56/h43-44,51H,3-42H2,1-2H3,(H,49,52)(H,50,53)(H,55,56). The quantitative estimate of drug-likeness (QED) is 0.0354. The summed E-state index contributed by atoms with van der Waals surface area (Å²) in [5.41, 5.74) is 0. The number of unbranched alkanes of at least 4 members (excludes halogenated alkanes) is 31. The van der Waals surface area contributed by atoms with Crippen molar-refractivity contribution in [2.75, 3.05) is 13.2 Å². The Balaban J connectivity index is 4.10. The van der Waals surface area contributed by atoms with Gasteiger partial charge >= 0.3 is 11.9 Å². The first-order chi connectivity index (χ1) is 27.8. The van der Waals surface area contributed by atoms with Gasteiger partial charge in [-0.1, -0.05) is 206 Å². The van der Waals surface area contributed by atoms with E-state index < -0.39 is 24.5 Å². The van der Waals surface area contributed by atoms with Crippen LogP contribution in [0.25, 0.3) is 0 Å². The topological polar surface area (TPSA) is 142 Å². The second-order valence-electron chi connectivity index (χ2n) is 16.9. The van der Waals surface area contributed by atoms with Crippen LogP contribution in [-0.4, -0.2) is 59.3 Å². The second kappa shape index (κ2) is 43.4. The highest BCUT2D eigenvalue weighted by Gasteiger charge is 2.19. The Morgan fingerprint density at radius 2 is 0.789 bits per heavy atom. The number of carboxylic acids is 1. The second-order valence-corrected chi connectivity index (χ2v) is 16.9. The molecule has 0 aliphatic rings. The van der Waals surface area contributed by atoms with Gasteiger partial charge in [0.05, 0.1) is 13.2 Å². The summed E-state index contributed by atoms with van der Waals surface area (Å²) in [7, 11) is 0. The molecular formula is C48H92N2O7. The molecule has 2 unspecified atom stereocenters. The van der Waals surface area contributed by atoms with Crippen LogP contribution in [0.2, 0.25) is 0 Å². The van der Waals surface area contributed by atoms with Crippen molar-refractivity contribution in [3.05, 3.63) is 0 Å². The molecule has 336 valence electrons. The van der Waals surface area contributed by atoms with Crippen molar-refractivity contribution in [3.63, 3.8) is 0 Å². The first kappa shape index (κ1) is 54.8. The number of hydrogen-bond acceptors (Lipinski definition) is 6. The predicted octanol–water partition coefficient (Wildman–Crippen LogP) is 12.4. The molecule has 2 atom stereocenters. The summed E-state index contributed by atoms with van der Waals surface area (Å²) in [5.74, 6) is -2.27. The highest BCUT2D eigenvalue weighted by Crippen LogP contribution is 2.19.